The Morgan fingerprint density at radius 2 is 2.00 bits per heavy atom. The standard InChI is InChI=1S/C20H22N4O3/c25-18(22-9-10-23-20(27)15-4-2-8-21-13-15)5-1-3-14-6-7-17-16(11-14)12-19(26)24-17/h2,4,6-8,11,13H,1,3,5,9-10,12H2,(H,22,25)(H,23,27)(H,24,26). The maximum atomic E-state index is 11.9. The Bertz CT molecular complexity index is 836. The summed E-state index contributed by atoms with van der Waals surface area (Å²) >= 11 is 0. The van der Waals surface area contributed by atoms with Gasteiger partial charge in [-0.3, -0.25) is 19.4 Å². The van der Waals surface area contributed by atoms with E-state index in [0.717, 1.165) is 29.7 Å². The number of hydrogen-bond donors (Lipinski definition) is 3. The number of aromatic nitrogens is 1. The number of pyridine rings is 1. The fourth-order valence-corrected chi connectivity index (χ4v) is 2.96. The summed E-state index contributed by atoms with van der Waals surface area (Å²) in [5.74, 6) is -0.220. The molecule has 3 rings (SSSR count). The molecule has 0 radical (unpaired) electrons. The zero-order chi connectivity index (χ0) is 19.1. The van der Waals surface area contributed by atoms with Gasteiger partial charge >= 0.3 is 0 Å². The Hall–Kier alpha value is -3.22. The molecule has 1 aromatic carbocycles. The average molecular weight is 366 g/mol. The second kappa shape index (κ2) is 8.93. The Morgan fingerprint density at radius 1 is 1.15 bits per heavy atom. The van der Waals surface area contributed by atoms with Crippen LogP contribution >= 0.6 is 0 Å². The summed E-state index contributed by atoms with van der Waals surface area (Å²) in [6, 6.07) is 9.31. The van der Waals surface area contributed by atoms with Crippen LogP contribution in [0.25, 0.3) is 0 Å². The third-order valence-corrected chi connectivity index (χ3v) is 4.32. The molecular formula is C20H22N4O3. The molecule has 1 aliphatic rings. The lowest BCUT2D eigenvalue weighted by Gasteiger charge is -2.08. The van der Waals surface area contributed by atoms with Gasteiger partial charge in [0.1, 0.15) is 0 Å². The van der Waals surface area contributed by atoms with E-state index >= 15 is 0 Å². The average Bonchev–Trinajstić information content (AvgIpc) is 3.05. The number of nitrogens with zero attached hydrogens (tertiary/aromatic N) is 1. The van der Waals surface area contributed by atoms with Gasteiger partial charge in [0.15, 0.2) is 0 Å². The molecule has 0 saturated carbocycles. The van der Waals surface area contributed by atoms with Crippen LogP contribution in [0.5, 0.6) is 0 Å². The van der Waals surface area contributed by atoms with Crippen molar-refractivity contribution in [1.82, 2.24) is 15.6 Å². The summed E-state index contributed by atoms with van der Waals surface area (Å²) in [5, 5.41) is 8.35. The first-order chi connectivity index (χ1) is 13.1. The smallest absolute Gasteiger partial charge is 0.252 e. The molecule has 0 bridgehead atoms. The minimum Gasteiger partial charge on any atom is -0.354 e. The first kappa shape index (κ1) is 18.6. The maximum absolute atomic E-state index is 11.9. The van der Waals surface area contributed by atoms with Crippen LogP contribution in [0, 0.1) is 0 Å². The molecule has 2 heterocycles. The summed E-state index contributed by atoms with van der Waals surface area (Å²) in [7, 11) is 0. The molecule has 3 N–H and O–H groups in total. The Labute approximate surface area is 157 Å². The van der Waals surface area contributed by atoms with E-state index in [1.54, 1.807) is 18.3 Å². The summed E-state index contributed by atoms with van der Waals surface area (Å²) in [6.45, 7) is 0.753. The van der Waals surface area contributed by atoms with Gasteiger partial charge in [0.25, 0.3) is 5.91 Å². The molecule has 0 unspecified atom stereocenters. The second-order valence-electron chi connectivity index (χ2n) is 6.42. The highest BCUT2D eigenvalue weighted by Crippen LogP contribution is 2.24. The van der Waals surface area contributed by atoms with E-state index < -0.39 is 0 Å². The molecule has 3 amide bonds. The molecule has 0 saturated heterocycles. The van der Waals surface area contributed by atoms with Crippen molar-refractivity contribution in [3.63, 3.8) is 0 Å². The van der Waals surface area contributed by atoms with Crippen LogP contribution in [-0.2, 0) is 22.4 Å². The zero-order valence-electron chi connectivity index (χ0n) is 15.0. The predicted octanol–water partition coefficient (Wildman–Crippen LogP) is 1.45. The number of amides is 3. The second-order valence-corrected chi connectivity index (χ2v) is 6.42. The molecule has 0 spiro atoms. The van der Waals surface area contributed by atoms with Crippen molar-refractivity contribution in [3.8, 4) is 0 Å². The highest BCUT2D eigenvalue weighted by atomic mass is 16.2. The molecule has 1 aromatic heterocycles. The lowest BCUT2D eigenvalue weighted by Crippen LogP contribution is -2.34. The van der Waals surface area contributed by atoms with Gasteiger partial charge in [-0.05, 0) is 42.2 Å². The van der Waals surface area contributed by atoms with Crippen molar-refractivity contribution in [3.05, 3.63) is 59.4 Å². The van der Waals surface area contributed by atoms with E-state index in [0.29, 0.717) is 31.5 Å². The number of anilines is 1. The number of benzene rings is 1. The van der Waals surface area contributed by atoms with Crippen LogP contribution in [0.2, 0.25) is 0 Å². The SMILES string of the molecule is O=C(CCCc1ccc2c(c1)CC(=O)N2)NCCNC(=O)c1cccnc1. The molecule has 2 aromatic rings. The predicted molar refractivity (Wildman–Crippen MR) is 101 cm³/mol. The van der Waals surface area contributed by atoms with Gasteiger partial charge in [-0.2, -0.15) is 0 Å². The van der Waals surface area contributed by atoms with Crippen LogP contribution in [-0.4, -0.2) is 35.8 Å². The van der Waals surface area contributed by atoms with Gasteiger partial charge < -0.3 is 16.0 Å². The molecule has 140 valence electrons. The van der Waals surface area contributed by atoms with E-state index in [-0.39, 0.29) is 17.7 Å². The van der Waals surface area contributed by atoms with E-state index in [2.05, 4.69) is 20.9 Å². The molecule has 0 atom stereocenters. The largest absolute Gasteiger partial charge is 0.354 e. The topological polar surface area (TPSA) is 100 Å². The quantitative estimate of drug-likeness (QED) is 0.616. The minimum absolute atomic E-state index is 0.0251. The summed E-state index contributed by atoms with van der Waals surface area (Å²) < 4.78 is 0. The first-order valence-electron chi connectivity index (χ1n) is 8.98. The van der Waals surface area contributed by atoms with E-state index in [9.17, 15) is 14.4 Å². The van der Waals surface area contributed by atoms with Crippen LogP contribution in [0.1, 0.15) is 34.3 Å². The Morgan fingerprint density at radius 3 is 2.81 bits per heavy atom. The van der Waals surface area contributed by atoms with Crippen LogP contribution in [0.3, 0.4) is 0 Å². The Kier molecular flexibility index (Phi) is 6.14. The van der Waals surface area contributed by atoms with Gasteiger partial charge in [0, 0.05) is 37.6 Å². The first-order valence-corrected chi connectivity index (χ1v) is 8.98. The monoisotopic (exact) mass is 366 g/mol. The molecule has 0 aliphatic carbocycles. The van der Waals surface area contributed by atoms with Gasteiger partial charge in [0.2, 0.25) is 11.8 Å². The van der Waals surface area contributed by atoms with E-state index in [1.165, 1.54) is 6.20 Å². The number of aryl methyl sites for hydroxylation is 1. The summed E-state index contributed by atoms with van der Waals surface area (Å²) in [6.07, 6.45) is 5.47. The molecule has 7 heteroatoms. The number of hydrogen-bond acceptors (Lipinski definition) is 4. The van der Waals surface area contributed by atoms with Crippen molar-refractivity contribution >= 4 is 23.4 Å². The third kappa shape index (κ3) is 5.37. The van der Waals surface area contributed by atoms with Crippen molar-refractivity contribution in [1.29, 1.82) is 0 Å². The molecular weight excluding hydrogens is 344 g/mol. The third-order valence-electron chi connectivity index (χ3n) is 4.32. The summed E-state index contributed by atoms with van der Waals surface area (Å²) in [4.78, 5) is 39.0. The molecule has 27 heavy (non-hydrogen) atoms. The van der Waals surface area contributed by atoms with Crippen molar-refractivity contribution in [2.24, 2.45) is 0 Å². The van der Waals surface area contributed by atoms with Crippen molar-refractivity contribution in [2.45, 2.75) is 25.7 Å². The van der Waals surface area contributed by atoms with Gasteiger partial charge in [-0.15, -0.1) is 0 Å². The summed E-state index contributed by atoms with van der Waals surface area (Å²) in [5.41, 5.74) is 3.53. The lowest BCUT2D eigenvalue weighted by molar-refractivity contribution is -0.121. The number of carbonyl (C=O) groups excluding carboxylic acids is 3. The van der Waals surface area contributed by atoms with Crippen molar-refractivity contribution in [2.75, 3.05) is 18.4 Å². The normalized spacial score (nSPS) is 12.2. The van der Waals surface area contributed by atoms with E-state index in [1.807, 2.05) is 18.2 Å². The van der Waals surface area contributed by atoms with Gasteiger partial charge in [-0.1, -0.05) is 12.1 Å². The number of fused-ring (bicyclic) bond motifs is 1. The number of nitrogens with one attached hydrogen (secondary N) is 3. The van der Waals surface area contributed by atoms with Crippen LogP contribution in [0.4, 0.5) is 5.69 Å². The van der Waals surface area contributed by atoms with Crippen LogP contribution < -0.4 is 16.0 Å². The zero-order valence-corrected chi connectivity index (χ0v) is 15.0. The van der Waals surface area contributed by atoms with Crippen LogP contribution in [0.15, 0.2) is 42.7 Å². The molecule has 1 aliphatic heterocycles. The number of rotatable bonds is 8. The molecule has 7 nitrogen and oxygen atoms in total. The fraction of sp³-hybridized carbons (Fsp3) is 0.300. The van der Waals surface area contributed by atoms with Crippen molar-refractivity contribution < 1.29 is 14.4 Å². The highest BCUT2D eigenvalue weighted by molar-refractivity contribution is 5.99. The number of carbonyl (C=O) groups is 3. The van der Waals surface area contributed by atoms with Gasteiger partial charge in [-0.25, -0.2) is 0 Å². The van der Waals surface area contributed by atoms with Gasteiger partial charge in [0.05, 0.1) is 12.0 Å². The fourth-order valence-electron chi connectivity index (χ4n) is 2.96. The van der Waals surface area contributed by atoms with E-state index in [4.69, 9.17) is 0 Å². The molecule has 0 fully saturated rings. The minimum atomic E-state index is -0.207. The Balaban J connectivity index is 1.31. The lowest BCUT2D eigenvalue weighted by atomic mass is 10.0. The highest BCUT2D eigenvalue weighted by Gasteiger charge is 2.17. The maximum Gasteiger partial charge on any atom is 0.252 e.